The van der Waals surface area contributed by atoms with Gasteiger partial charge in [-0.25, -0.2) is 9.97 Å². The summed E-state index contributed by atoms with van der Waals surface area (Å²) in [7, 11) is 0. The summed E-state index contributed by atoms with van der Waals surface area (Å²) >= 11 is 2.39. The van der Waals surface area contributed by atoms with Gasteiger partial charge in [-0.05, 0) is 49.2 Å². The topological polar surface area (TPSA) is 163 Å². The highest BCUT2D eigenvalue weighted by Crippen LogP contribution is 2.21. The predicted molar refractivity (Wildman–Crippen MR) is 122 cm³/mol. The number of aromatic amines is 2. The van der Waals surface area contributed by atoms with Gasteiger partial charge in [0.15, 0.2) is 10.3 Å². The van der Waals surface area contributed by atoms with Crippen molar-refractivity contribution in [3.63, 3.8) is 0 Å². The fourth-order valence-corrected chi connectivity index (χ4v) is 3.81. The number of thioether (sulfide) groups is 2. The van der Waals surface area contributed by atoms with E-state index in [1.165, 1.54) is 23.5 Å². The third kappa shape index (κ3) is 7.02. The minimum atomic E-state index is -0.836. The first-order chi connectivity index (χ1) is 14.3. The number of H-pyrrole nitrogens is 2. The molecule has 11 heteroatoms. The van der Waals surface area contributed by atoms with E-state index in [-0.39, 0.29) is 17.0 Å². The molecule has 0 aliphatic heterocycles. The van der Waals surface area contributed by atoms with E-state index in [1.807, 2.05) is 50.2 Å². The Hall–Kier alpha value is -3.02. The molecule has 6 N–H and O–H groups in total. The molecule has 2 aromatic heterocycles. The Kier molecular flexibility index (Phi) is 8.48. The number of nitrogens with zero attached hydrogens (tertiary/aromatic N) is 2. The number of benzene rings is 2. The van der Waals surface area contributed by atoms with Crippen molar-refractivity contribution in [1.82, 2.24) is 19.9 Å². The Morgan fingerprint density at radius 1 is 0.806 bits per heavy atom. The van der Waals surface area contributed by atoms with Crippen molar-refractivity contribution in [2.75, 3.05) is 11.5 Å². The largest absolute Gasteiger partial charge is 0.481 e. The van der Waals surface area contributed by atoms with E-state index < -0.39 is 11.9 Å². The minimum Gasteiger partial charge on any atom is -0.481 e. The summed E-state index contributed by atoms with van der Waals surface area (Å²) in [5.74, 6) is -1.62. The fourth-order valence-electron chi connectivity index (χ4n) is 2.60. The summed E-state index contributed by atoms with van der Waals surface area (Å²) in [6, 6.07) is 11.8. The quantitative estimate of drug-likeness (QED) is 0.317. The second kappa shape index (κ2) is 10.8. The highest BCUT2D eigenvalue weighted by Gasteiger charge is 2.06. The summed E-state index contributed by atoms with van der Waals surface area (Å²) in [6.45, 7) is 4.01. The average Bonchev–Trinajstić information content (AvgIpc) is 3.27. The summed E-state index contributed by atoms with van der Waals surface area (Å²) in [5, 5.41) is 18.4. The normalized spacial score (nSPS) is 10.4. The molecule has 0 radical (unpaired) electrons. The maximum Gasteiger partial charge on any atom is 0.313 e. The molecule has 2 heterocycles. The van der Waals surface area contributed by atoms with E-state index >= 15 is 0 Å². The number of aryl methyl sites for hydroxylation is 2. The lowest BCUT2D eigenvalue weighted by molar-refractivity contribution is -0.134. The van der Waals surface area contributed by atoms with Gasteiger partial charge < -0.3 is 25.7 Å². The third-order valence-electron chi connectivity index (χ3n) is 3.90. The lowest BCUT2D eigenvalue weighted by Gasteiger charge is -1.90. The van der Waals surface area contributed by atoms with Crippen molar-refractivity contribution in [3.05, 3.63) is 47.5 Å². The number of rotatable bonds is 6. The van der Waals surface area contributed by atoms with E-state index in [1.54, 1.807) is 0 Å². The number of imidazole rings is 2. The van der Waals surface area contributed by atoms with E-state index in [0.717, 1.165) is 33.2 Å². The predicted octanol–water partition coefficient (Wildman–Crippen LogP) is 3.27. The molecule has 9 nitrogen and oxygen atoms in total. The lowest BCUT2D eigenvalue weighted by atomic mass is 10.2. The zero-order chi connectivity index (χ0) is 21.7. The van der Waals surface area contributed by atoms with Crippen molar-refractivity contribution in [2.24, 2.45) is 0 Å². The van der Waals surface area contributed by atoms with Crippen LogP contribution in [0.25, 0.3) is 22.1 Å². The molecular weight excluding hydrogens is 440 g/mol. The first-order valence-corrected chi connectivity index (χ1v) is 10.9. The Balaban J connectivity index is 0.000000213. The molecule has 0 aliphatic rings. The lowest BCUT2D eigenvalue weighted by Crippen LogP contribution is -1.97. The molecule has 164 valence electrons. The van der Waals surface area contributed by atoms with Crippen LogP contribution in [0, 0.1) is 13.8 Å². The highest BCUT2D eigenvalue weighted by atomic mass is 32.2. The maximum absolute atomic E-state index is 10.4. The first kappa shape index (κ1) is 24.3. The van der Waals surface area contributed by atoms with Crippen LogP contribution in [-0.2, 0) is 9.59 Å². The van der Waals surface area contributed by atoms with Crippen LogP contribution in [0.3, 0.4) is 0 Å². The zero-order valence-electron chi connectivity index (χ0n) is 16.8. The first-order valence-electron chi connectivity index (χ1n) is 8.92. The van der Waals surface area contributed by atoms with E-state index in [9.17, 15) is 9.59 Å². The van der Waals surface area contributed by atoms with Crippen LogP contribution in [0.1, 0.15) is 11.1 Å². The van der Waals surface area contributed by atoms with Crippen molar-refractivity contribution >= 4 is 57.5 Å². The van der Waals surface area contributed by atoms with Gasteiger partial charge in [0.05, 0.1) is 33.6 Å². The molecule has 0 atom stereocenters. The molecule has 0 aliphatic carbocycles. The summed E-state index contributed by atoms with van der Waals surface area (Å²) in [4.78, 5) is 35.5. The van der Waals surface area contributed by atoms with Crippen LogP contribution in [0.15, 0.2) is 46.7 Å². The van der Waals surface area contributed by atoms with Crippen LogP contribution in [0.2, 0.25) is 0 Å². The summed E-state index contributed by atoms with van der Waals surface area (Å²) in [6.07, 6.45) is 0. The molecule has 0 bridgehead atoms. The molecule has 0 unspecified atom stereocenters. The molecule has 4 rings (SSSR count). The smallest absolute Gasteiger partial charge is 0.313 e. The summed E-state index contributed by atoms with van der Waals surface area (Å²) < 4.78 is 0. The van der Waals surface area contributed by atoms with Crippen molar-refractivity contribution in [1.29, 1.82) is 0 Å². The molecule has 0 amide bonds. The number of nitrogens with one attached hydrogen (secondary N) is 2. The third-order valence-corrected chi connectivity index (χ3v) is 5.61. The van der Waals surface area contributed by atoms with Crippen molar-refractivity contribution in [2.45, 2.75) is 24.2 Å². The van der Waals surface area contributed by atoms with E-state index in [4.69, 9.17) is 10.2 Å². The highest BCUT2D eigenvalue weighted by molar-refractivity contribution is 8.00. The Morgan fingerprint density at radius 2 is 1.19 bits per heavy atom. The zero-order valence-corrected chi connectivity index (χ0v) is 18.4. The molecule has 31 heavy (non-hydrogen) atoms. The second-order valence-electron chi connectivity index (χ2n) is 6.49. The van der Waals surface area contributed by atoms with E-state index in [0.29, 0.717) is 10.3 Å². The summed E-state index contributed by atoms with van der Waals surface area (Å²) in [5.41, 5.74) is 5.94. The van der Waals surface area contributed by atoms with Gasteiger partial charge in [-0.2, -0.15) is 0 Å². The van der Waals surface area contributed by atoms with Gasteiger partial charge in [0.1, 0.15) is 0 Å². The van der Waals surface area contributed by atoms with Crippen LogP contribution in [-0.4, -0.2) is 59.1 Å². The van der Waals surface area contributed by atoms with Gasteiger partial charge in [-0.1, -0.05) is 35.7 Å². The minimum absolute atomic E-state index is 0. The molecule has 0 spiro atoms. The van der Waals surface area contributed by atoms with E-state index in [2.05, 4.69) is 19.9 Å². The molecule has 0 saturated heterocycles. The average molecular weight is 463 g/mol. The number of fused-ring (bicyclic) bond motifs is 2. The van der Waals surface area contributed by atoms with Gasteiger partial charge in [0, 0.05) is 0 Å². The molecular formula is C20H22N4O5S2. The maximum atomic E-state index is 10.4. The number of carboxylic acids is 2. The second-order valence-corrected chi connectivity index (χ2v) is 8.42. The fraction of sp³-hybridized carbons (Fsp3) is 0.200. The molecule has 2 aromatic carbocycles. The monoisotopic (exact) mass is 462 g/mol. The van der Waals surface area contributed by atoms with Crippen LogP contribution < -0.4 is 0 Å². The van der Waals surface area contributed by atoms with Crippen molar-refractivity contribution < 1.29 is 25.3 Å². The molecule has 0 fully saturated rings. The Morgan fingerprint density at radius 3 is 1.55 bits per heavy atom. The van der Waals surface area contributed by atoms with Crippen molar-refractivity contribution in [3.8, 4) is 0 Å². The van der Waals surface area contributed by atoms with Gasteiger partial charge in [0.2, 0.25) is 0 Å². The number of aromatic nitrogens is 4. The number of carbonyl (C=O) groups is 2. The number of hydrogen-bond acceptors (Lipinski definition) is 6. The van der Waals surface area contributed by atoms with Gasteiger partial charge >= 0.3 is 11.9 Å². The number of carboxylic acid groups (broad SMARTS) is 2. The SMILES string of the molecule is Cc1ccc2nc(SCC(=O)O)[nH]c2c1.Cc1ccc2nc(SCC(=O)O)[nH]c2c1.O. The standard InChI is InChI=1S/2C10H10N2O2S.H2O/c2*1-6-2-3-7-8(4-6)12-10(11-7)15-5-9(13)14;/h2*2-4H,5H2,1H3,(H,11,12)(H,13,14);1H2. The Labute approximate surface area is 186 Å². The number of aliphatic carboxylic acids is 2. The Bertz CT molecular complexity index is 1110. The van der Waals surface area contributed by atoms with Gasteiger partial charge in [0.25, 0.3) is 0 Å². The van der Waals surface area contributed by atoms with Gasteiger partial charge in [-0.3, -0.25) is 9.59 Å². The van der Waals surface area contributed by atoms with Crippen LogP contribution in [0.4, 0.5) is 0 Å². The molecule has 4 aromatic rings. The molecule has 0 saturated carbocycles. The number of hydrogen-bond donors (Lipinski definition) is 4. The van der Waals surface area contributed by atoms with Crippen LogP contribution in [0.5, 0.6) is 0 Å². The van der Waals surface area contributed by atoms with Gasteiger partial charge in [-0.15, -0.1) is 0 Å². The van der Waals surface area contributed by atoms with Crippen LogP contribution >= 0.6 is 23.5 Å².